The minimum Gasteiger partial charge on any atom is -0.468 e. The van der Waals surface area contributed by atoms with Crippen molar-refractivity contribution in [3.63, 3.8) is 0 Å². The van der Waals surface area contributed by atoms with Gasteiger partial charge in [0.05, 0.1) is 12.8 Å². The van der Waals surface area contributed by atoms with E-state index in [9.17, 15) is 0 Å². The third kappa shape index (κ3) is 2.25. The quantitative estimate of drug-likeness (QED) is 0.824. The summed E-state index contributed by atoms with van der Waals surface area (Å²) in [4.78, 5) is 0. The topological polar surface area (TPSA) is 25.2 Å². The first-order valence-electron chi connectivity index (χ1n) is 5.95. The van der Waals surface area contributed by atoms with Crippen molar-refractivity contribution in [1.29, 1.82) is 0 Å². The van der Waals surface area contributed by atoms with Gasteiger partial charge in [-0.3, -0.25) is 0 Å². The fraction of sp³-hybridized carbons (Fsp3) is 0.692. The van der Waals surface area contributed by atoms with Gasteiger partial charge in [-0.1, -0.05) is 13.8 Å². The average Bonchev–Trinajstić information content (AvgIpc) is 2.74. The summed E-state index contributed by atoms with van der Waals surface area (Å²) >= 11 is 0. The van der Waals surface area contributed by atoms with E-state index in [2.05, 4.69) is 26.1 Å². The van der Waals surface area contributed by atoms with Gasteiger partial charge in [0, 0.05) is 6.04 Å². The van der Waals surface area contributed by atoms with Crippen LogP contribution in [0.3, 0.4) is 0 Å². The van der Waals surface area contributed by atoms with Crippen molar-refractivity contribution >= 4 is 0 Å². The predicted molar refractivity (Wildman–Crippen MR) is 61.6 cm³/mol. The maximum absolute atomic E-state index is 5.42. The molecule has 1 N–H and O–H groups in total. The highest BCUT2D eigenvalue weighted by molar-refractivity contribution is 5.14. The number of hydrogen-bond acceptors (Lipinski definition) is 2. The minimum absolute atomic E-state index is 0.671. The van der Waals surface area contributed by atoms with Crippen LogP contribution in [0.4, 0.5) is 0 Å². The van der Waals surface area contributed by atoms with Gasteiger partial charge in [-0.15, -0.1) is 0 Å². The number of rotatable bonds is 3. The second-order valence-electron chi connectivity index (χ2n) is 4.93. The minimum atomic E-state index is 0.671. The van der Waals surface area contributed by atoms with Crippen LogP contribution in [0.25, 0.3) is 0 Å². The van der Waals surface area contributed by atoms with Gasteiger partial charge < -0.3 is 9.73 Å². The number of nitrogens with one attached hydrogen (secondary N) is 1. The summed E-state index contributed by atoms with van der Waals surface area (Å²) in [6.07, 6.45) is 4.44. The van der Waals surface area contributed by atoms with Gasteiger partial charge >= 0.3 is 0 Å². The van der Waals surface area contributed by atoms with E-state index in [-0.39, 0.29) is 0 Å². The molecule has 1 aromatic rings. The zero-order chi connectivity index (χ0) is 10.8. The van der Waals surface area contributed by atoms with Crippen molar-refractivity contribution in [3.05, 3.63) is 23.7 Å². The molecule has 2 nitrogen and oxygen atoms in total. The third-order valence-electron chi connectivity index (χ3n) is 3.96. The van der Waals surface area contributed by atoms with E-state index in [1.807, 2.05) is 6.07 Å². The maximum atomic E-state index is 5.42. The van der Waals surface area contributed by atoms with E-state index in [0.29, 0.717) is 6.04 Å². The van der Waals surface area contributed by atoms with Crippen LogP contribution in [0.2, 0.25) is 0 Å². The molecule has 0 aromatic carbocycles. The lowest BCUT2D eigenvalue weighted by molar-refractivity contribution is 0.355. The van der Waals surface area contributed by atoms with Gasteiger partial charge in [0.1, 0.15) is 5.76 Å². The van der Waals surface area contributed by atoms with Crippen LogP contribution in [0.15, 0.2) is 16.7 Å². The SMILES string of the molecule is Cc1ccoc1CNC1CCC(C)C1C. The molecule has 3 unspecified atom stereocenters. The van der Waals surface area contributed by atoms with Gasteiger partial charge in [-0.05, 0) is 43.2 Å². The highest BCUT2D eigenvalue weighted by Gasteiger charge is 2.29. The Morgan fingerprint density at radius 3 is 2.73 bits per heavy atom. The molecule has 3 atom stereocenters. The van der Waals surface area contributed by atoms with Crippen molar-refractivity contribution in [1.82, 2.24) is 5.32 Å². The zero-order valence-corrected chi connectivity index (χ0v) is 9.92. The molecule has 0 amide bonds. The van der Waals surface area contributed by atoms with E-state index in [0.717, 1.165) is 24.1 Å². The lowest BCUT2D eigenvalue weighted by Gasteiger charge is -2.19. The highest BCUT2D eigenvalue weighted by Crippen LogP contribution is 2.31. The largest absolute Gasteiger partial charge is 0.468 e. The van der Waals surface area contributed by atoms with Gasteiger partial charge in [0.2, 0.25) is 0 Å². The molecule has 2 heteroatoms. The number of furan rings is 1. The van der Waals surface area contributed by atoms with Crippen LogP contribution in [-0.4, -0.2) is 6.04 Å². The van der Waals surface area contributed by atoms with Crippen LogP contribution < -0.4 is 5.32 Å². The lowest BCUT2D eigenvalue weighted by atomic mass is 9.98. The van der Waals surface area contributed by atoms with Gasteiger partial charge in [0.15, 0.2) is 0 Å². The first-order chi connectivity index (χ1) is 7.18. The molecule has 84 valence electrons. The molecule has 1 aromatic heterocycles. The smallest absolute Gasteiger partial charge is 0.120 e. The molecular formula is C13H21NO. The molecule has 15 heavy (non-hydrogen) atoms. The Bertz CT molecular complexity index is 318. The molecular weight excluding hydrogens is 186 g/mol. The molecule has 1 fully saturated rings. The summed E-state index contributed by atoms with van der Waals surface area (Å²) < 4.78 is 5.42. The molecule has 0 bridgehead atoms. The molecule has 1 heterocycles. The molecule has 0 spiro atoms. The normalized spacial score (nSPS) is 31.0. The first kappa shape index (κ1) is 10.7. The first-order valence-corrected chi connectivity index (χ1v) is 5.95. The molecule has 1 aliphatic carbocycles. The zero-order valence-electron chi connectivity index (χ0n) is 9.92. The standard InChI is InChI=1S/C13H21NO/c1-9-4-5-12(11(9)3)14-8-13-10(2)6-7-15-13/h6-7,9,11-12,14H,4-5,8H2,1-3H3. The number of aryl methyl sites for hydroxylation is 1. The fourth-order valence-corrected chi connectivity index (χ4v) is 2.46. The highest BCUT2D eigenvalue weighted by atomic mass is 16.3. The van der Waals surface area contributed by atoms with E-state index in [1.54, 1.807) is 6.26 Å². The van der Waals surface area contributed by atoms with Crippen molar-refractivity contribution in [2.75, 3.05) is 0 Å². The second-order valence-corrected chi connectivity index (χ2v) is 4.93. The summed E-state index contributed by atoms with van der Waals surface area (Å²) in [6, 6.07) is 2.70. The van der Waals surface area contributed by atoms with Crippen molar-refractivity contribution in [2.45, 2.75) is 46.2 Å². The second kappa shape index (κ2) is 4.40. The monoisotopic (exact) mass is 207 g/mol. The molecule has 0 radical (unpaired) electrons. The fourth-order valence-electron chi connectivity index (χ4n) is 2.46. The predicted octanol–water partition coefficient (Wildman–Crippen LogP) is 3.11. The number of hydrogen-bond donors (Lipinski definition) is 1. The molecule has 2 rings (SSSR count). The van der Waals surface area contributed by atoms with Gasteiger partial charge in [0.25, 0.3) is 0 Å². The molecule has 1 saturated carbocycles. The Morgan fingerprint density at radius 1 is 1.40 bits per heavy atom. The van der Waals surface area contributed by atoms with Crippen molar-refractivity contribution < 1.29 is 4.42 Å². The van der Waals surface area contributed by atoms with E-state index in [1.165, 1.54) is 18.4 Å². The third-order valence-corrected chi connectivity index (χ3v) is 3.96. The van der Waals surface area contributed by atoms with E-state index in [4.69, 9.17) is 4.42 Å². The summed E-state index contributed by atoms with van der Waals surface area (Å²) in [5.41, 5.74) is 1.25. The summed E-state index contributed by atoms with van der Waals surface area (Å²) in [5, 5.41) is 3.61. The summed E-state index contributed by atoms with van der Waals surface area (Å²) in [5.74, 6) is 2.74. The Morgan fingerprint density at radius 2 is 2.20 bits per heavy atom. The van der Waals surface area contributed by atoms with Crippen molar-refractivity contribution in [3.8, 4) is 0 Å². The Labute approximate surface area is 92.1 Å². The van der Waals surface area contributed by atoms with Crippen LogP contribution in [0.1, 0.15) is 38.0 Å². The molecule has 1 aliphatic rings. The molecule has 0 saturated heterocycles. The van der Waals surface area contributed by atoms with Crippen LogP contribution >= 0.6 is 0 Å². The maximum Gasteiger partial charge on any atom is 0.120 e. The summed E-state index contributed by atoms with van der Waals surface area (Å²) in [6.45, 7) is 7.68. The van der Waals surface area contributed by atoms with Crippen LogP contribution in [-0.2, 0) is 6.54 Å². The van der Waals surface area contributed by atoms with E-state index < -0.39 is 0 Å². The van der Waals surface area contributed by atoms with Gasteiger partial charge in [-0.25, -0.2) is 0 Å². The van der Waals surface area contributed by atoms with Crippen molar-refractivity contribution in [2.24, 2.45) is 11.8 Å². The van der Waals surface area contributed by atoms with Gasteiger partial charge in [-0.2, -0.15) is 0 Å². The Kier molecular flexibility index (Phi) is 3.15. The van der Waals surface area contributed by atoms with E-state index >= 15 is 0 Å². The lowest BCUT2D eigenvalue weighted by Crippen LogP contribution is -2.31. The molecule has 0 aliphatic heterocycles. The van der Waals surface area contributed by atoms with Crippen LogP contribution in [0.5, 0.6) is 0 Å². The van der Waals surface area contributed by atoms with Crippen LogP contribution in [0, 0.1) is 18.8 Å². The average molecular weight is 207 g/mol. The summed E-state index contributed by atoms with van der Waals surface area (Å²) in [7, 11) is 0. The Balaban J connectivity index is 1.86. The Hall–Kier alpha value is -0.760.